The molecular weight excluding hydrogens is 284 g/mol. The number of Topliss-reactive ketones (excluding diaryl/α,β-unsaturated/α-hetero) is 1. The maximum Gasteiger partial charge on any atom is 0.227 e. The largest absolute Gasteiger partial charge is 0.484 e. The van der Waals surface area contributed by atoms with Gasteiger partial charge < -0.3 is 10.5 Å². The minimum Gasteiger partial charge on any atom is -0.484 e. The summed E-state index contributed by atoms with van der Waals surface area (Å²) < 4.78 is 4.92. The summed E-state index contributed by atoms with van der Waals surface area (Å²) in [5.41, 5.74) is 6.30. The molecule has 0 unspecified atom stereocenters. The van der Waals surface area contributed by atoms with Gasteiger partial charge in [0, 0.05) is 13.0 Å². The number of allylic oxidation sites excluding steroid dienone is 2. The molecule has 0 aromatic carbocycles. The summed E-state index contributed by atoms with van der Waals surface area (Å²) in [6, 6.07) is 3.07. The number of fused-ring (bicyclic) bond motifs is 1. The Labute approximate surface area is 126 Å². The minimum atomic E-state index is -0.489. The summed E-state index contributed by atoms with van der Waals surface area (Å²) in [7, 11) is 1.49. The molecule has 0 amide bonds. The Morgan fingerprint density at radius 2 is 2.14 bits per heavy atom. The van der Waals surface area contributed by atoms with E-state index in [-0.39, 0.29) is 22.7 Å². The zero-order valence-electron chi connectivity index (χ0n) is 12.2. The summed E-state index contributed by atoms with van der Waals surface area (Å²) in [5, 5.41) is 0. The van der Waals surface area contributed by atoms with E-state index in [1.807, 2.05) is 0 Å². The van der Waals surface area contributed by atoms with Gasteiger partial charge in [-0.25, -0.2) is 9.98 Å². The number of carbonyl (C=O) groups excluding carboxylic acids is 2. The lowest BCUT2D eigenvalue weighted by Gasteiger charge is -2.12. The van der Waals surface area contributed by atoms with Gasteiger partial charge in [0.05, 0.1) is 30.3 Å². The van der Waals surface area contributed by atoms with E-state index in [0.717, 1.165) is 6.08 Å². The highest BCUT2D eigenvalue weighted by Gasteiger charge is 2.26. The molecule has 0 saturated carbocycles. The molecule has 2 rings (SSSR count). The van der Waals surface area contributed by atoms with E-state index in [9.17, 15) is 9.59 Å². The molecule has 1 heterocycles. The molecule has 0 bridgehead atoms. The normalized spacial score (nSPS) is 15.3. The van der Waals surface area contributed by atoms with Crippen LogP contribution in [0.15, 0.2) is 40.1 Å². The van der Waals surface area contributed by atoms with Crippen LogP contribution in [0.25, 0.3) is 5.70 Å². The predicted octanol–water partition coefficient (Wildman–Crippen LogP) is 1.37. The van der Waals surface area contributed by atoms with Crippen LogP contribution in [0.3, 0.4) is 0 Å². The zero-order valence-corrected chi connectivity index (χ0v) is 12.2. The second-order valence-electron chi connectivity index (χ2n) is 4.41. The fraction of sp³-hybridized carbons (Fsp3) is 0.133. The van der Waals surface area contributed by atoms with Crippen molar-refractivity contribution in [2.45, 2.75) is 6.92 Å². The number of ketones is 2. The highest BCUT2D eigenvalue weighted by atomic mass is 16.5. The number of pyridine rings is 1. The molecule has 0 spiro atoms. The molecule has 112 valence electrons. The van der Waals surface area contributed by atoms with Crippen molar-refractivity contribution < 1.29 is 14.3 Å². The minimum absolute atomic E-state index is 0.00416. The molecule has 1 aliphatic carbocycles. The predicted molar refractivity (Wildman–Crippen MR) is 82.8 cm³/mol. The number of carbonyl (C=O) groups is 2. The molecule has 0 atom stereocenters. The van der Waals surface area contributed by atoms with Crippen molar-refractivity contribution >= 4 is 29.9 Å². The lowest BCUT2D eigenvalue weighted by molar-refractivity contribution is 0.0979. The van der Waals surface area contributed by atoms with Gasteiger partial charge in [0.1, 0.15) is 11.4 Å². The third-order valence-electron chi connectivity index (χ3n) is 3.02. The number of methoxy groups -OCH3 is 1. The van der Waals surface area contributed by atoms with E-state index < -0.39 is 5.78 Å². The lowest BCUT2D eigenvalue weighted by atomic mass is 9.97. The van der Waals surface area contributed by atoms with E-state index in [1.54, 1.807) is 13.0 Å². The van der Waals surface area contributed by atoms with Crippen molar-refractivity contribution in [2.24, 2.45) is 15.7 Å². The molecule has 2 N–H and O–H groups in total. The fourth-order valence-electron chi connectivity index (χ4n) is 1.79. The number of aliphatic imine (C=N–C) groups is 2. The van der Waals surface area contributed by atoms with Gasteiger partial charge in [-0.2, -0.15) is 0 Å². The van der Waals surface area contributed by atoms with Crippen LogP contribution in [-0.4, -0.2) is 36.3 Å². The molecule has 1 aromatic rings. The van der Waals surface area contributed by atoms with E-state index in [0.29, 0.717) is 17.3 Å². The molecule has 7 nitrogen and oxygen atoms in total. The van der Waals surface area contributed by atoms with Gasteiger partial charge >= 0.3 is 0 Å². The lowest BCUT2D eigenvalue weighted by Crippen LogP contribution is -2.23. The van der Waals surface area contributed by atoms with E-state index in [2.05, 4.69) is 21.7 Å². The first-order valence-electron chi connectivity index (χ1n) is 6.30. The van der Waals surface area contributed by atoms with E-state index in [1.165, 1.54) is 19.4 Å². The maximum absolute atomic E-state index is 12.0. The highest BCUT2D eigenvalue weighted by molar-refractivity contribution is 6.23. The zero-order chi connectivity index (χ0) is 16.3. The van der Waals surface area contributed by atoms with Crippen molar-refractivity contribution in [1.29, 1.82) is 0 Å². The number of nitrogens with zero attached hydrogens (tertiary/aromatic N) is 3. The first-order chi connectivity index (χ1) is 10.5. The third kappa shape index (κ3) is 2.83. The Morgan fingerprint density at radius 1 is 1.41 bits per heavy atom. The van der Waals surface area contributed by atoms with Crippen LogP contribution in [0.1, 0.15) is 33.5 Å². The number of nitrogens with two attached hydrogens (primary N) is 1. The Bertz CT molecular complexity index is 760. The van der Waals surface area contributed by atoms with Crippen LogP contribution in [-0.2, 0) is 4.74 Å². The van der Waals surface area contributed by atoms with Crippen LogP contribution in [0.2, 0.25) is 0 Å². The Hall–Kier alpha value is -3.09. The van der Waals surface area contributed by atoms with Gasteiger partial charge in [-0.3, -0.25) is 14.6 Å². The van der Waals surface area contributed by atoms with Crippen LogP contribution >= 0.6 is 0 Å². The average Bonchev–Trinajstić information content (AvgIpc) is 2.52. The molecule has 0 radical (unpaired) electrons. The highest BCUT2D eigenvalue weighted by Crippen LogP contribution is 2.21. The standard InChI is InChI=1S/C15H14N4O3/c1-8(22-3)18-7-12(17-2)11-5-4-9-13(20)6-10(16)15(21)14(9)19-11/h4-7H,2,16H2,1,3H3/b12-7-,18-8?. The quantitative estimate of drug-likeness (QED) is 0.669. The number of ether oxygens (including phenoxy) is 1. The molecule has 7 heteroatoms. The number of hydrogen-bond acceptors (Lipinski definition) is 7. The van der Waals surface area contributed by atoms with Crippen LogP contribution in [0.5, 0.6) is 0 Å². The number of rotatable bonds is 3. The van der Waals surface area contributed by atoms with E-state index >= 15 is 0 Å². The molecule has 1 aromatic heterocycles. The maximum atomic E-state index is 12.0. The number of aromatic nitrogens is 1. The van der Waals surface area contributed by atoms with Crippen molar-refractivity contribution in [3.05, 3.63) is 47.1 Å². The molecule has 0 saturated heterocycles. The molecule has 0 aliphatic heterocycles. The van der Waals surface area contributed by atoms with Gasteiger partial charge in [-0.15, -0.1) is 0 Å². The topological polar surface area (TPSA) is 107 Å². The second kappa shape index (κ2) is 6.13. The molecule has 22 heavy (non-hydrogen) atoms. The summed E-state index contributed by atoms with van der Waals surface area (Å²) in [6.07, 6.45) is 2.51. The van der Waals surface area contributed by atoms with Gasteiger partial charge in [-0.1, -0.05) is 0 Å². The van der Waals surface area contributed by atoms with Crippen molar-refractivity contribution in [3.63, 3.8) is 0 Å². The first-order valence-corrected chi connectivity index (χ1v) is 6.30. The summed E-state index contributed by atoms with van der Waals surface area (Å²) in [4.78, 5) is 35.8. The molecular formula is C15H14N4O3. The van der Waals surface area contributed by atoms with Crippen LogP contribution in [0.4, 0.5) is 0 Å². The van der Waals surface area contributed by atoms with Crippen molar-refractivity contribution in [3.8, 4) is 0 Å². The van der Waals surface area contributed by atoms with Gasteiger partial charge in [0.15, 0.2) is 11.7 Å². The Kier molecular flexibility index (Phi) is 4.26. The Morgan fingerprint density at radius 3 is 2.77 bits per heavy atom. The summed E-state index contributed by atoms with van der Waals surface area (Å²) in [5.74, 6) is -0.412. The van der Waals surface area contributed by atoms with Gasteiger partial charge in [0.25, 0.3) is 0 Å². The second-order valence-corrected chi connectivity index (χ2v) is 4.41. The Balaban J connectivity index is 2.50. The smallest absolute Gasteiger partial charge is 0.227 e. The first kappa shape index (κ1) is 15.3. The SMILES string of the molecule is C=N/C(=C\N=C(C)OC)c1ccc2c(n1)C(=O)C(N)=CC2=O. The molecule has 0 fully saturated rings. The van der Waals surface area contributed by atoms with Gasteiger partial charge in [-0.05, 0) is 18.9 Å². The number of hydrogen-bond donors (Lipinski definition) is 1. The third-order valence-corrected chi connectivity index (χ3v) is 3.02. The molecule has 1 aliphatic rings. The average molecular weight is 298 g/mol. The summed E-state index contributed by atoms with van der Waals surface area (Å²) in [6.45, 7) is 5.12. The fourth-order valence-corrected chi connectivity index (χ4v) is 1.79. The van der Waals surface area contributed by atoms with E-state index in [4.69, 9.17) is 10.5 Å². The van der Waals surface area contributed by atoms with Crippen molar-refractivity contribution in [1.82, 2.24) is 4.98 Å². The van der Waals surface area contributed by atoms with Gasteiger partial charge in [0.2, 0.25) is 5.78 Å². The van der Waals surface area contributed by atoms with Crippen molar-refractivity contribution in [2.75, 3.05) is 7.11 Å². The van der Waals surface area contributed by atoms with Crippen LogP contribution in [0, 0.1) is 0 Å². The summed E-state index contributed by atoms with van der Waals surface area (Å²) >= 11 is 0. The monoisotopic (exact) mass is 298 g/mol. The van der Waals surface area contributed by atoms with Crippen LogP contribution < -0.4 is 5.73 Å².